The third-order valence-corrected chi connectivity index (χ3v) is 7.26. The number of aromatic nitrogens is 2. The first kappa shape index (κ1) is 23.2. The molecule has 0 aliphatic heterocycles. The summed E-state index contributed by atoms with van der Waals surface area (Å²) in [5.41, 5.74) is 0.969. The molecule has 29 heavy (non-hydrogen) atoms. The lowest BCUT2D eigenvalue weighted by molar-refractivity contribution is 0.208. The van der Waals surface area contributed by atoms with E-state index >= 15 is 0 Å². The standard InChI is InChI=1S/C18H29N5O4S2/c1-12(2)16-9-15(17(28-16)13(3)4)20-18(24)21-29(25,26)23(7-8-27-6)14-10-19-22(5)11-14/h9-13H,7-8H2,1-6H3,(H2,20,21,24). The van der Waals surface area contributed by atoms with Gasteiger partial charge in [0.2, 0.25) is 0 Å². The average Bonchev–Trinajstić information content (AvgIpc) is 3.21. The average molecular weight is 444 g/mol. The molecule has 0 aromatic carbocycles. The monoisotopic (exact) mass is 443 g/mol. The van der Waals surface area contributed by atoms with Crippen LogP contribution in [0.15, 0.2) is 18.5 Å². The van der Waals surface area contributed by atoms with Crippen LogP contribution in [0, 0.1) is 0 Å². The van der Waals surface area contributed by atoms with Gasteiger partial charge in [-0.15, -0.1) is 11.3 Å². The third kappa shape index (κ3) is 5.94. The van der Waals surface area contributed by atoms with Gasteiger partial charge in [-0.2, -0.15) is 13.5 Å². The normalized spacial score (nSPS) is 11.9. The minimum atomic E-state index is -4.15. The topological polar surface area (TPSA) is 106 Å². The first-order valence-corrected chi connectivity index (χ1v) is 11.5. The van der Waals surface area contributed by atoms with E-state index in [0.717, 1.165) is 14.1 Å². The molecule has 0 unspecified atom stereocenters. The minimum Gasteiger partial charge on any atom is -0.383 e. The zero-order valence-corrected chi connectivity index (χ0v) is 19.2. The van der Waals surface area contributed by atoms with Gasteiger partial charge in [0.1, 0.15) is 0 Å². The second-order valence-electron chi connectivity index (χ2n) is 7.23. The smallest absolute Gasteiger partial charge is 0.334 e. The van der Waals surface area contributed by atoms with Crippen LogP contribution in [0.3, 0.4) is 0 Å². The maximum Gasteiger partial charge on any atom is 0.334 e. The summed E-state index contributed by atoms with van der Waals surface area (Å²) in [6, 6.07) is 1.09. The predicted octanol–water partition coefficient (Wildman–Crippen LogP) is 3.25. The van der Waals surface area contributed by atoms with Crippen molar-refractivity contribution in [2.45, 2.75) is 39.5 Å². The molecule has 0 saturated carbocycles. The number of carbonyl (C=O) groups is 1. The number of aryl methyl sites for hydroxylation is 1. The Balaban J connectivity index is 2.21. The highest BCUT2D eigenvalue weighted by atomic mass is 32.2. The number of nitrogens with zero attached hydrogens (tertiary/aromatic N) is 3. The van der Waals surface area contributed by atoms with Crippen LogP contribution in [0.5, 0.6) is 0 Å². The lowest BCUT2D eigenvalue weighted by atomic mass is 10.1. The van der Waals surface area contributed by atoms with Crippen LogP contribution < -0.4 is 14.3 Å². The van der Waals surface area contributed by atoms with E-state index < -0.39 is 16.2 Å². The van der Waals surface area contributed by atoms with Gasteiger partial charge in [0, 0.05) is 30.1 Å². The second-order valence-corrected chi connectivity index (χ2v) is 9.94. The van der Waals surface area contributed by atoms with E-state index in [2.05, 4.69) is 29.0 Å². The summed E-state index contributed by atoms with van der Waals surface area (Å²) in [7, 11) is -0.997. The third-order valence-electron chi connectivity index (χ3n) is 4.11. The van der Waals surface area contributed by atoms with Crippen molar-refractivity contribution < 1.29 is 17.9 Å². The summed E-state index contributed by atoms with van der Waals surface area (Å²) >= 11 is 1.62. The van der Waals surface area contributed by atoms with Gasteiger partial charge in [0.05, 0.1) is 30.7 Å². The zero-order valence-electron chi connectivity index (χ0n) is 17.6. The summed E-state index contributed by atoms with van der Waals surface area (Å²) < 4.78 is 35.3. The number of rotatable bonds is 9. The second kappa shape index (κ2) is 9.59. The Kier molecular flexibility index (Phi) is 7.66. The number of nitrogens with one attached hydrogen (secondary N) is 2. The molecular weight excluding hydrogens is 414 g/mol. The van der Waals surface area contributed by atoms with Crippen molar-refractivity contribution in [3.05, 3.63) is 28.2 Å². The number of thiophene rings is 1. The number of urea groups is 1. The van der Waals surface area contributed by atoms with Crippen LogP contribution in [-0.4, -0.2) is 44.5 Å². The molecular formula is C18H29N5O4S2. The highest BCUT2D eigenvalue weighted by molar-refractivity contribution is 7.91. The van der Waals surface area contributed by atoms with Crippen LogP contribution in [0.4, 0.5) is 16.2 Å². The first-order valence-electron chi connectivity index (χ1n) is 9.27. The molecule has 0 radical (unpaired) electrons. The lowest BCUT2D eigenvalue weighted by Crippen LogP contribution is -2.46. The van der Waals surface area contributed by atoms with E-state index in [0.29, 0.717) is 17.3 Å². The van der Waals surface area contributed by atoms with E-state index in [-0.39, 0.29) is 19.1 Å². The van der Waals surface area contributed by atoms with Gasteiger partial charge >= 0.3 is 16.2 Å². The van der Waals surface area contributed by atoms with Crippen molar-refractivity contribution in [2.24, 2.45) is 7.05 Å². The molecule has 162 valence electrons. The number of methoxy groups -OCH3 is 1. The Morgan fingerprint density at radius 2 is 2.00 bits per heavy atom. The van der Waals surface area contributed by atoms with E-state index in [9.17, 15) is 13.2 Å². The summed E-state index contributed by atoms with van der Waals surface area (Å²) in [5.74, 6) is 0.517. The lowest BCUT2D eigenvalue weighted by Gasteiger charge is -2.22. The van der Waals surface area contributed by atoms with Crippen LogP contribution in [0.2, 0.25) is 0 Å². The van der Waals surface area contributed by atoms with Crippen LogP contribution in [-0.2, 0) is 22.0 Å². The maximum atomic E-state index is 12.8. The fraction of sp³-hybridized carbons (Fsp3) is 0.556. The summed E-state index contributed by atoms with van der Waals surface area (Å²) in [5, 5.41) is 6.69. The van der Waals surface area contributed by atoms with Crippen molar-refractivity contribution in [3.63, 3.8) is 0 Å². The molecule has 2 aromatic rings. The molecule has 9 nitrogen and oxygen atoms in total. The quantitative estimate of drug-likeness (QED) is 0.619. The van der Waals surface area contributed by atoms with Gasteiger partial charge < -0.3 is 10.1 Å². The zero-order chi connectivity index (χ0) is 21.8. The summed E-state index contributed by atoms with van der Waals surface area (Å²) in [4.78, 5) is 14.7. The van der Waals surface area contributed by atoms with Gasteiger partial charge in [0.15, 0.2) is 0 Å². The molecule has 11 heteroatoms. The maximum absolute atomic E-state index is 12.8. The Labute approximate surface area is 176 Å². The van der Waals surface area contributed by atoms with Gasteiger partial charge in [-0.1, -0.05) is 27.7 Å². The Hall–Kier alpha value is -2.11. The molecule has 0 aliphatic rings. The van der Waals surface area contributed by atoms with Gasteiger partial charge in [0.25, 0.3) is 0 Å². The number of hydrogen-bond acceptors (Lipinski definition) is 6. The Morgan fingerprint density at radius 1 is 1.31 bits per heavy atom. The molecule has 0 bridgehead atoms. The van der Waals surface area contributed by atoms with Crippen molar-refractivity contribution in [3.8, 4) is 0 Å². The predicted molar refractivity (Wildman–Crippen MR) is 116 cm³/mol. The van der Waals surface area contributed by atoms with E-state index in [1.165, 1.54) is 18.0 Å². The molecule has 2 aromatic heterocycles. The van der Waals surface area contributed by atoms with Crippen molar-refractivity contribution in [1.82, 2.24) is 14.5 Å². The van der Waals surface area contributed by atoms with Crippen molar-refractivity contribution in [1.29, 1.82) is 0 Å². The fourth-order valence-electron chi connectivity index (χ4n) is 2.66. The Bertz CT molecular complexity index is 934. The molecule has 0 saturated heterocycles. The van der Waals surface area contributed by atoms with E-state index in [1.807, 2.05) is 19.9 Å². The largest absolute Gasteiger partial charge is 0.383 e. The van der Waals surface area contributed by atoms with E-state index in [4.69, 9.17) is 4.74 Å². The molecule has 0 atom stereocenters. The van der Waals surface area contributed by atoms with Crippen LogP contribution >= 0.6 is 11.3 Å². The number of anilines is 2. The molecule has 2 rings (SSSR count). The van der Waals surface area contributed by atoms with E-state index in [1.54, 1.807) is 24.6 Å². The molecule has 2 N–H and O–H groups in total. The number of ether oxygens (including phenoxy) is 1. The first-order chi connectivity index (χ1) is 13.5. The highest BCUT2D eigenvalue weighted by Gasteiger charge is 2.26. The molecule has 2 heterocycles. The molecule has 0 fully saturated rings. The Morgan fingerprint density at radius 3 is 2.52 bits per heavy atom. The van der Waals surface area contributed by atoms with Gasteiger partial charge in [-0.05, 0) is 17.9 Å². The number of hydrogen-bond donors (Lipinski definition) is 2. The van der Waals surface area contributed by atoms with Gasteiger partial charge in [-0.25, -0.2) is 13.8 Å². The molecule has 0 aliphatic carbocycles. The van der Waals surface area contributed by atoms with Crippen molar-refractivity contribution >= 4 is 39.0 Å². The highest BCUT2D eigenvalue weighted by Crippen LogP contribution is 2.36. The fourth-order valence-corrected chi connectivity index (χ4v) is 4.86. The minimum absolute atomic E-state index is 0.0397. The molecule has 2 amide bonds. The summed E-state index contributed by atoms with van der Waals surface area (Å²) in [6.07, 6.45) is 2.97. The molecule has 0 spiro atoms. The van der Waals surface area contributed by atoms with Crippen LogP contribution in [0.25, 0.3) is 0 Å². The SMILES string of the molecule is COCCN(c1cnn(C)c1)S(=O)(=O)NC(=O)Nc1cc(C(C)C)sc1C(C)C. The number of carbonyl (C=O) groups excluding carboxylic acids is 1. The number of amides is 2. The van der Waals surface area contributed by atoms with Crippen LogP contribution in [0.1, 0.15) is 49.3 Å². The summed E-state index contributed by atoms with van der Waals surface area (Å²) in [6.45, 7) is 8.42. The van der Waals surface area contributed by atoms with Crippen molar-refractivity contribution in [2.75, 3.05) is 29.9 Å². The van der Waals surface area contributed by atoms with Gasteiger partial charge in [-0.3, -0.25) is 4.68 Å².